The van der Waals surface area contributed by atoms with Crippen LogP contribution in [0.4, 0.5) is 0 Å². The summed E-state index contributed by atoms with van der Waals surface area (Å²) in [6.45, 7) is 1.59. The first-order valence-corrected chi connectivity index (χ1v) is 6.21. The number of hydrogen-bond acceptors (Lipinski definition) is 7. The Hall–Kier alpha value is -0.950. The molecule has 0 bridgehead atoms. The molecule has 0 atom stereocenters. The summed E-state index contributed by atoms with van der Waals surface area (Å²) in [6.07, 6.45) is 0. The minimum absolute atomic E-state index is 0.146. The van der Waals surface area contributed by atoms with Crippen LogP contribution in [0.1, 0.15) is 13.8 Å². The van der Waals surface area contributed by atoms with E-state index in [0.29, 0.717) is 0 Å². The Kier molecular flexibility index (Phi) is 7.73. The summed E-state index contributed by atoms with van der Waals surface area (Å²) in [5.41, 5.74) is 0. The van der Waals surface area contributed by atoms with E-state index in [2.05, 4.69) is 18.5 Å². The van der Waals surface area contributed by atoms with Gasteiger partial charge in [-0.25, -0.2) is 4.57 Å². The molecule has 0 aromatic carbocycles. The second kappa shape index (κ2) is 8.19. The van der Waals surface area contributed by atoms with Crippen LogP contribution in [0.3, 0.4) is 0 Å². The Balaban J connectivity index is 3.62. The van der Waals surface area contributed by atoms with Crippen molar-refractivity contribution in [3.63, 3.8) is 0 Å². The maximum absolute atomic E-state index is 11.1. The Labute approximate surface area is 98.4 Å². The number of ether oxygens (including phenoxy) is 2. The van der Waals surface area contributed by atoms with E-state index in [0.717, 1.165) is 0 Å². The molecule has 0 aromatic heterocycles. The van der Waals surface area contributed by atoms with E-state index in [1.54, 1.807) is 0 Å². The first-order valence-electron chi connectivity index (χ1n) is 4.72. The zero-order chi connectivity index (χ0) is 13.3. The summed E-state index contributed by atoms with van der Waals surface area (Å²) in [5.74, 6) is -1.03. The molecule has 1 N–H and O–H groups in total. The van der Waals surface area contributed by atoms with Crippen LogP contribution >= 0.6 is 7.82 Å². The van der Waals surface area contributed by atoms with E-state index in [-0.39, 0.29) is 26.4 Å². The number of rotatable bonds is 8. The largest absolute Gasteiger partial charge is 0.472 e. The van der Waals surface area contributed by atoms with Crippen molar-refractivity contribution in [3.8, 4) is 0 Å². The van der Waals surface area contributed by atoms with Gasteiger partial charge in [0.05, 0.1) is 13.2 Å². The van der Waals surface area contributed by atoms with E-state index < -0.39 is 19.8 Å². The first-order chi connectivity index (χ1) is 7.83. The van der Waals surface area contributed by atoms with Crippen molar-refractivity contribution in [1.29, 1.82) is 0 Å². The van der Waals surface area contributed by atoms with Crippen LogP contribution in [-0.2, 0) is 32.7 Å². The number of phosphoric acid groups is 1. The van der Waals surface area contributed by atoms with Crippen LogP contribution in [-0.4, -0.2) is 43.3 Å². The van der Waals surface area contributed by atoms with E-state index in [4.69, 9.17) is 4.89 Å². The molecular formula is C8H15O8P. The molecule has 0 fully saturated rings. The van der Waals surface area contributed by atoms with Gasteiger partial charge in [-0.15, -0.1) is 0 Å². The van der Waals surface area contributed by atoms with Crippen LogP contribution in [0, 0.1) is 0 Å². The van der Waals surface area contributed by atoms with Gasteiger partial charge in [-0.3, -0.25) is 18.6 Å². The first kappa shape index (κ1) is 16.1. The van der Waals surface area contributed by atoms with E-state index in [1.807, 2.05) is 0 Å². The zero-order valence-electron chi connectivity index (χ0n) is 9.58. The number of esters is 2. The fourth-order valence-electron chi connectivity index (χ4n) is 0.713. The molecule has 0 aromatic rings. The highest BCUT2D eigenvalue weighted by Gasteiger charge is 2.20. The monoisotopic (exact) mass is 270 g/mol. The predicted octanol–water partition coefficient (Wildman–Crippen LogP) is 0.246. The molecule has 0 amide bonds. The van der Waals surface area contributed by atoms with Crippen molar-refractivity contribution in [3.05, 3.63) is 0 Å². The number of hydrogen-bond donors (Lipinski definition) is 1. The molecule has 0 aliphatic carbocycles. The number of carbonyl (C=O) groups excluding carboxylic acids is 2. The molecule has 0 spiro atoms. The summed E-state index contributed by atoms with van der Waals surface area (Å²) in [4.78, 5) is 29.8. The average Bonchev–Trinajstić information content (AvgIpc) is 2.19. The standard InChI is InChI=1S/C8H15O8P/c1-7(9)13-3-5-15-17(11,12)16-6-4-14-8(2)10/h3-6H2,1-2H3,(H,11,12). The summed E-state index contributed by atoms with van der Waals surface area (Å²) < 4.78 is 29.0. The van der Waals surface area contributed by atoms with Gasteiger partial charge < -0.3 is 14.4 Å². The van der Waals surface area contributed by atoms with Crippen LogP contribution in [0.5, 0.6) is 0 Å². The lowest BCUT2D eigenvalue weighted by Crippen LogP contribution is -2.10. The smallest absolute Gasteiger partial charge is 0.463 e. The van der Waals surface area contributed by atoms with E-state index in [9.17, 15) is 14.2 Å². The molecule has 0 radical (unpaired) electrons. The van der Waals surface area contributed by atoms with Gasteiger partial charge in [-0.05, 0) is 0 Å². The third kappa shape index (κ3) is 11.3. The average molecular weight is 270 g/mol. The van der Waals surface area contributed by atoms with Crippen molar-refractivity contribution in [2.75, 3.05) is 26.4 Å². The minimum atomic E-state index is -4.19. The van der Waals surface area contributed by atoms with Crippen molar-refractivity contribution in [2.24, 2.45) is 0 Å². The molecule has 0 aliphatic rings. The predicted molar refractivity (Wildman–Crippen MR) is 55.0 cm³/mol. The van der Waals surface area contributed by atoms with Gasteiger partial charge in [-0.1, -0.05) is 0 Å². The second-order valence-electron chi connectivity index (χ2n) is 2.82. The van der Waals surface area contributed by atoms with Gasteiger partial charge in [0, 0.05) is 13.8 Å². The van der Waals surface area contributed by atoms with Gasteiger partial charge in [0.1, 0.15) is 13.2 Å². The quantitative estimate of drug-likeness (QED) is 0.379. The Morgan fingerprint density at radius 3 is 1.59 bits per heavy atom. The molecule has 0 saturated carbocycles. The van der Waals surface area contributed by atoms with Crippen molar-refractivity contribution in [1.82, 2.24) is 0 Å². The molecule has 8 nitrogen and oxygen atoms in total. The Morgan fingerprint density at radius 1 is 0.941 bits per heavy atom. The molecule has 9 heteroatoms. The lowest BCUT2D eigenvalue weighted by atomic mass is 10.7. The third-order valence-corrected chi connectivity index (χ3v) is 2.30. The van der Waals surface area contributed by atoms with Gasteiger partial charge in [0.25, 0.3) is 0 Å². The second-order valence-corrected chi connectivity index (χ2v) is 4.27. The highest BCUT2D eigenvalue weighted by Crippen LogP contribution is 2.42. The molecule has 0 saturated heterocycles. The molecule has 0 heterocycles. The van der Waals surface area contributed by atoms with Crippen LogP contribution < -0.4 is 0 Å². The van der Waals surface area contributed by atoms with Crippen molar-refractivity contribution < 1.29 is 37.6 Å². The van der Waals surface area contributed by atoms with Gasteiger partial charge in [0.15, 0.2) is 0 Å². The molecule has 0 rings (SSSR count). The summed E-state index contributed by atoms with van der Waals surface area (Å²) in [7, 11) is -4.19. The normalized spacial score (nSPS) is 11.0. The van der Waals surface area contributed by atoms with E-state index in [1.165, 1.54) is 13.8 Å². The lowest BCUT2D eigenvalue weighted by Gasteiger charge is -2.11. The van der Waals surface area contributed by atoms with Gasteiger partial charge in [0.2, 0.25) is 0 Å². The maximum atomic E-state index is 11.1. The van der Waals surface area contributed by atoms with Crippen LogP contribution in [0.2, 0.25) is 0 Å². The Morgan fingerprint density at radius 2 is 1.29 bits per heavy atom. The Bertz CT molecular complexity index is 276. The summed E-state index contributed by atoms with van der Waals surface area (Å²) >= 11 is 0. The molecule has 17 heavy (non-hydrogen) atoms. The summed E-state index contributed by atoms with van der Waals surface area (Å²) in [6, 6.07) is 0. The topological polar surface area (TPSA) is 108 Å². The molecular weight excluding hydrogens is 255 g/mol. The van der Waals surface area contributed by atoms with Gasteiger partial charge >= 0.3 is 19.8 Å². The van der Waals surface area contributed by atoms with Crippen LogP contribution in [0.25, 0.3) is 0 Å². The maximum Gasteiger partial charge on any atom is 0.472 e. The number of carbonyl (C=O) groups is 2. The minimum Gasteiger partial charge on any atom is -0.463 e. The SMILES string of the molecule is CC(=O)OCCOP(=O)(O)OCCOC(C)=O. The zero-order valence-corrected chi connectivity index (χ0v) is 10.5. The fourth-order valence-corrected chi connectivity index (χ4v) is 1.40. The van der Waals surface area contributed by atoms with E-state index >= 15 is 0 Å². The van der Waals surface area contributed by atoms with Crippen molar-refractivity contribution in [2.45, 2.75) is 13.8 Å². The lowest BCUT2D eigenvalue weighted by molar-refractivity contribution is -0.142. The molecule has 0 aliphatic heterocycles. The third-order valence-electron chi connectivity index (χ3n) is 1.29. The van der Waals surface area contributed by atoms with Crippen LogP contribution in [0.15, 0.2) is 0 Å². The van der Waals surface area contributed by atoms with Crippen molar-refractivity contribution >= 4 is 19.8 Å². The highest BCUT2D eigenvalue weighted by molar-refractivity contribution is 7.47. The van der Waals surface area contributed by atoms with Gasteiger partial charge in [-0.2, -0.15) is 0 Å². The molecule has 100 valence electrons. The highest BCUT2D eigenvalue weighted by atomic mass is 31.2. The number of phosphoric ester groups is 1. The summed E-state index contributed by atoms with van der Waals surface area (Å²) in [5, 5.41) is 0. The fraction of sp³-hybridized carbons (Fsp3) is 0.750. The molecule has 0 unspecified atom stereocenters.